The highest BCUT2D eigenvalue weighted by Gasteiger charge is 2.08. The van der Waals surface area contributed by atoms with Crippen LogP contribution in [0.3, 0.4) is 0 Å². The van der Waals surface area contributed by atoms with Crippen LogP contribution in [0.25, 0.3) is 11.1 Å². The van der Waals surface area contributed by atoms with Crippen LogP contribution in [-0.4, -0.2) is 32.1 Å². The molecule has 0 unspecified atom stereocenters. The average Bonchev–Trinajstić information content (AvgIpc) is 2.41. The Balaban J connectivity index is 2.22. The summed E-state index contributed by atoms with van der Waals surface area (Å²) < 4.78 is 19.4. The van der Waals surface area contributed by atoms with Crippen LogP contribution in [0.4, 0.5) is 10.1 Å². The third-order valence-corrected chi connectivity index (χ3v) is 2.99. The fourth-order valence-electron chi connectivity index (χ4n) is 1.86. The third-order valence-electron chi connectivity index (χ3n) is 2.99. The molecular weight excluding hydrogens is 255 g/mol. The van der Waals surface area contributed by atoms with E-state index in [1.165, 1.54) is 6.07 Å². The maximum atomic E-state index is 13.8. The summed E-state index contributed by atoms with van der Waals surface area (Å²) in [6.07, 6.45) is 0. The Morgan fingerprint density at radius 3 is 2.60 bits per heavy atom. The van der Waals surface area contributed by atoms with E-state index >= 15 is 0 Å². The number of halogens is 1. The van der Waals surface area contributed by atoms with Crippen LogP contribution < -0.4 is 10.5 Å². The molecule has 0 atom stereocenters. The summed E-state index contributed by atoms with van der Waals surface area (Å²) in [4.78, 5) is 2.02. The Morgan fingerprint density at radius 1 is 1.15 bits per heavy atom. The highest BCUT2D eigenvalue weighted by molar-refractivity contribution is 5.70. The van der Waals surface area contributed by atoms with E-state index in [2.05, 4.69) is 0 Å². The Morgan fingerprint density at radius 2 is 1.90 bits per heavy atom. The Hall–Kier alpha value is -2.07. The van der Waals surface area contributed by atoms with E-state index in [0.29, 0.717) is 23.6 Å². The maximum absolute atomic E-state index is 13.8. The highest BCUT2D eigenvalue weighted by atomic mass is 19.1. The lowest BCUT2D eigenvalue weighted by molar-refractivity contribution is 0.262. The first-order valence-corrected chi connectivity index (χ1v) is 6.50. The lowest BCUT2D eigenvalue weighted by Gasteiger charge is -2.13. The minimum absolute atomic E-state index is 0.253. The van der Waals surface area contributed by atoms with Crippen molar-refractivity contribution < 1.29 is 9.13 Å². The smallest absolute Gasteiger partial charge is 0.142 e. The fraction of sp³-hybridized carbons (Fsp3) is 0.250. The van der Waals surface area contributed by atoms with Crippen LogP contribution >= 0.6 is 0 Å². The second-order valence-electron chi connectivity index (χ2n) is 4.88. The third kappa shape index (κ3) is 3.48. The molecule has 0 radical (unpaired) electrons. The van der Waals surface area contributed by atoms with Gasteiger partial charge in [-0.3, -0.25) is 0 Å². The van der Waals surface area contributed by atoms with Crippen molar-refractivity contribution in [2.24, 2.45) is 0 Å². The molecule has 0 aliphatic heterocycles. The molecular formula is C16H19FN2O. The number of hydrogen-bond acceptors (Lipinski definition) is 3. The van der Waals surface area contributed by atoms with Crippen molar-refractivity contribution in [3.63, 3.8) is 0 Å². The number of hydrogen-bond donors (Lipinski definition) is 1. The van der Waals surface area contributed by atoms with Gasteiger partial charge in [0.1, 0.15) is 18.2 Å². The lowest BCUT2D eigenvalue weighted by atomic mass is 10.0. The molecule has 0 heterocycles. The monoisotopic (exact) mass is 274 g/mol. The first-order valence-electron chi connectivity index (χ1n) is 6.50. The van der Waals surface area contributed by atoms with Crippen molar-refractivity contribution in [1.82, 2.24) is 4.90 Å². The summed E-state index contributed by atoms with van der Waals surface area (Å²) >= 11 is 0. The topological polar surface area (TPSA) is 38.5 Å². The van der Waals surface area contributed by atoms with Crippen LogP contribution in [0.2, 0.25) is 0 Å². The van der Waals surface area contributed by atoms with Gasteiger partial charge in [0.15, 0.2) is 0 Å². The molecule has 0 aliphatic carbocycles. The number of likely N-dealkylation sites (N-methyl/N-ethyl adjacent to an activating group) is 1. The zero-order chi connectivity index (χ0) is 14.5. The normalized spacial score (nSPS) is 10.8. The fourth-order valence-corrected chi connectivity index (χ4v) is 1.86. The van der Waals surface area contributed by atoms with Gasteiger partial charge in [0, 0.05) is 12.1 Å². The summed E-state index contributed by atoms with van der Waals surface area (Å²) in [5.41, 5.74) is 7.76. The van der Waals surface area contributed by atoms with Crippen LogP contribution in [0.5, 0.6) is 5.75 Å². The van der Waals surface area contributed by atoms with E-state index in [1.54, 1.807) is 36.4 Å². The van der Waals surface area contributed by atoms with Crippen molar-refractivity contribution >= 4 is 5.69 Å². The molecule has 106 valence electrons. The predicted molar refractivity (Wildman–Crippen MR) is 80.3 cm³/mol. The van der Waals surface area contributed by atoms with Crippen molar-refractivity contribution in [2.45, 2.75) is 0 Å². The number of anilines is 1. The van der Waals surface area contributed by atoms with E-state index < -0.39 is 0 Å². The number of nitrogens with zero attached hydrogens (tertiary/aromatic N) is 1. The molecule has 3 nitrogen and oxygen atoms in total. The van der Waals surface area contributed by atoms with Gasteiger partial charge in [-0.25, -0.2) is 4.39 Å². The standard InChI is InChI=1S/C16H19FN2O/c1-19(2)9-10-20-16-11-12(7-8-15(16)18)13-5-3-4-6-14(13)17/h3-8,11H,9-10,18H2,1-2H3. The molecule has 2 aromatic rings. The van der Waals surface area contributed by atoms with E-state index in [-0.39, 0.29) is 5.82 Å². The minimum atomic E-state index is -0.253. The summed E-state index contributed by atoms with van der Waals surface area (Å²) in [5.74, 6) is 0.337. The molecule has 0 aromatic heterocycles. The summed E-state index contributed by atoms with van der Waals surface area (Å²) in [7, 11) is 3.95. The van der Waals surface area contributed by atoms with Gasteiger partial charge in [0.25, 0.3) is 0 Å². The minimum Gasteiger partial charge on any atom is -0.490 e. The average molecular weight is 274 g/mol. The van der Waals surface area contributed by atoms with Crippen LogP contribution in [-0.2, 0) is 0 Å². The molecule has 0 bridgehead atoms. The molecule has 2 N–H and O–H groups in total. The second-order valence-corrected chi connectivity index (χ2v) is 4.88. The van der Waals surface area contributed by atoms with Gasteiger partial charge in [0.2, 0.25) is 0 Å². The molecule has 4 heteroatoms. The summed E-state index contributed by atoms with van der Waals surface area (Å²) in [6.45, 7) is 1.33. The van der Waals surface area contributed by atoms with Crippen molar-refractivity contribution in [2.75, 3.05) is 33.0 Å². The van der Waals surface area contributed by atoms with Crippen molar-refractivity contribution in [3.05, 3.63) is 48.3 Å². The maximum Gasteiger partial charge on any atom is 0.142 e. The molecule has 2 aromatic carbocycles. The van der Waals surface area contributed by atoms with Gasteiger partial charge in [0.05, 0.1) is 5.69 Å². The number of nitrogen functional groups attached to an aromatic ring is 1. The van der Waals surface area contributed by atoms with Gasteiger partial charge in [-0.2, -0.15) is 0 Å². The predicted octanol–water partition coefficient (Wildman–Crippen LogP) is 3.02. The van der Waals surface area contributed by atoms with Gasteiger partial charge in [-0.05, 0) is 37.9 Å². The van der Waals surface area contributed by atoms with Crippen LogP contribution in [0.1, 0.15) is 0 Å². The Labute approximate surface area is 118 Å². The van der Waals surface area contributed by atoms with E-state index in [4.69, 9.17) is 10.5 Å². The molecule has 20 heavy (non-hydrogen) atoms. The van der Waals surface area contributed by atoms with Gasteiger partial charge >= 0.3 is 0 Å². The number of nitrogens with two attached hydrogens (primary N) is 1. The Bertz CT molecular complexity index is 584. The van der Waals surface area contributed by atoms with E-state index in [1.807, 2.05) is 19.0 Å². The molecule has 0 spiro atoms. The van der Waals surface area contributed by atoms with Gasteiger partial charge < -0.3 is 15.4 Å². The van der Waals surface area contributed by atoms with Crippen LogP contribution in [0, 0.1) is 5.82 Å². The van der Waals surface area contributed by atoms with Gasteiger partial charge in [-0.1, -0.05) is 24.3 Å². The molecule has 2 rings (SSSR count). The van der Waals surface area contributed by atoms with Gasteiger partial charge in [-0.15, -0.1) is 0 Å². The number of benzene rings is 2. The second kappa shape index (κ2) is 6.39. The first kappa shape index (κ1) is 14.3. The lowest BCUT2D eigenvalue weighted by Crippen LogP contribution is -2.19. The SMILES string of the molecule is CN(C)CCOc1cc(-c2ccccc2F)ccc1N. The Kier molecular flexibility index (Phi) is 4.58. The van der Waals surface area contributed by atoms with Crippen LogP contribution in [0.15, 0.2) is 42.5 Å². The van der Waals surface area contributed by atoms with Crippen molar-refractivity contribution in [3.8, 4) is 16.9 Å². The molecule has 0 saturated heterocycles. The first-order chi connectivity index (χ1) is 9.58. The van der Waals surface area contributed by atoms with Crippen molar-refractivity contribution in [1.29, 1.82) is 0 Å². The summed E-state index contributed by atoms with van der Waals surface area (Å²) in [5, 5.41) is 0. The zero-order valence-corrected chi connectivity index (χ0v) is 11.8. The largest absolute Gasteiger partial charge is 0.490 e. The zero-order valence-electron chi connectivity index (χ0n) is 11.8. The summed E-state index contributed by atoms with van der Waals surface area (Å²) in [6, 6.07) is 12.0. The molecule has 0 saturated carbocycles. The number of rotatable bonds is 5. The molecule has 0 amide bonds. The highest BCUT2D eigenvalue weighted by Crippen LogP contribution is 2.30. The van der Waals surface area contributed by atoms with E-state index in [9.17, 15) is 4.39 Å². The van der Waals surface area contributed by atoms with E-state index in [0.717, 1.165) is 12.1 Å². The quantitative estimate of drug-likeness (QED) is 0.852. The molecule has 0 fully saturated rings. The molecule has 0 aliphatic rings. The number of ether oxygens (including phenoxy) is 1.